The van der Waals surface area contributed by atoms with Gasteiger partial charge in [0.25, 0.3) is 0 Å². The molecule has 0 spiro atoms. The number of allylic oxidation sites excluding steroid dienone is 5. The van der Waals surface area contributed by atoms with Gasteiger partial charge in [-0.3, -0.25) is 9.78 Å². The first-order valence-electron chi connectivity index (χ1n) is 5.97. The SMILES string of the molecule is Cc1cncc(CN/C=C2/C=C(C=O)C=CC2=N)c1. The second-order valence-electron chi connectivity index (χ2n) is 4.36. The molecule has 0 unspecified atom stereocenters. The van der Waals surface area contributed by atoms with Crippen LogP contribution in [0.2, 0.25) is 0 Å². The summed E-state index contributed by atoms with van der Waals surface area (Å²) in [5.74, 6) is 0. The van der Waals surface area contributed by atoms with Gasteiger partial charge in [-0.05, 0) is 36.3 Å². The van der Waals surface area contributed by atoms with Crippen LogP contribution in [0.25, 0.3) is 0 Å². The molecule has 0 fully saturated rings. The molecule has 1 aromatic rings. The van der Waals surface area contributed by atoms with Crippen molar-refractivity contribution in [1.29, 1.82) is 5.41 Å². The van der Waals surface area contributed by atoms with Crippen LogP contribution in [0.3, 0.4) is 0 Å². The van der Waals surface area contributed by atoms with Crippen LogP contribution in [0, 0.1) is 12.3 Å². The van der Waals surface area contributed by atoms with E-state index in [0.717, 1.165) is 17.4 Å². The minimum atomic E-state index is 0.389. The maximum Gasteiger partial charge on any atom is 0.150 e. The number of nitrogens with zero attached hydrogens (tertiary/aromatic N) is 1. The fourth-order valence-electron chi connectivity index (χ4n) is 1.77. The standard InChI is InChI=1S/C15H15N3O/c1-11-4-13(7-17-6-11)8-18-9-14-5-12(10-19)2-3-15(14)16/h2-7,9-10,16,18H,8H2,1H3/b14-9-,16-15?. The molecule has 19 heavy (non-hydrogen) atoms. The maximum atomic E-state index is 10.7. The minimum Gasteiger partial charge on any atom is -0.386 e. The zero-order valence-electron chi connectivity index (χ0n) is 10.7. The van der Waals surface area contributed by atoms with Crippen LogP contribution in [-0.4, -0.2) is 17.0 Å². The molecule has 0 radical (unpaired) electrons. The molecule has 1 aliphatic carbocycles. The molecule has 0 bridgehead atoms. The summed E-state index contributed by atoms with van der Waals surface area (Å²) in [6.45, 7) is 2.63. The number of hydrogen-bond acceptors (Lipinski definition) is 4. The van der Waals surface area contributed by atoms with Crippen molar-refractivity contribution < 1.29 is 4.79 Å². The molecule has 0 saturated carbocycles. The summed E-state index contributed by atoms with van der Waals surface area (Å²) in [5, 5.41) is 10.9. The van der Waals surface area contributed by atoms with Gasteiger partial charge in [-0.2, -0.15) is 0 Å². The number of aryl methyl sites for hydroxylation is 1. The average Bonchev–Trinajstić information content (AvgIpc) is 2.41. The Balaban J connectivity index is 2.03. The van der Waals surface area contributed by atoms with E-state index in [-0.39, 0.29) is 0 Å². The zero-order valence-corrected chi connectivity index (χ0v) is 10.7. The predicted octanol–water partition coefficient (Wildman–Crippen LogP) is 2.08. The Morgan fingerprint density at radius 3 is 2.95 bits per heavy atom. The monoisotopic (exact) mass is 253 g/mol. The number of aromatic nitrogens is 1. The number of carbonyl (C=O) groups is 1. The molecule has 0 amide bonds. The summed E-state index contributed by atoms with van der Waals surface area (Å²) in [6.07, 6.45) is 11.1. The Kier molecular flexibility index (Phi) is 4.03. The molecule has 1 heterocycles. The molecule has 1 aliphatic rings. The number of carbonyl (C=O) groups excluding carboxylic acids is 1. The highest BCUT2D eigenvalue weighted by Gasteiger charge is 2.05. The third-order valence-corrected chi connectivity index (χ3v) is 2.71. The Morgan fingerprint density at radius 1 is 1.37 bits per heavy atom. The van der Waals surface area contributed by atoms with Crippen LogP contribution in [0.1, 0.15) is 11.1 Å². The number of hydrogen-bond donors (Lipinski definition) is 2. The molecule has 1 aromatic heterocycles. The van der Waals surface area contributed by atoms with Crippen molar-refractivity contribution in [3.63, 3.8) is 0 Å². The fourth-order valence-corrected chi connectivity index (χ4v) is 1.77. The van der Waals surface area contributed by atoms with Gasteiger partial charge in [-0.15, -0.1) is 0 Å². The summed E-state index contributed by atoms with van der Waals surface area (Å²) >= 11 is 0. The quantitative estimate of drug-likeness (QED) is 0.807. The highest BCUT2D eigenvalue weighted by molar-refractivity contribution is 6.11. The summed E-state index contributed by atoms with van der Waals surface area (Å²) in [5.41, 5.74) is 3.85. The van der Waals surface area contributed by atoms with Crippen molar-refractivity contribution in [3.05, 3.63) is 65.2 Å². The molecule has 96 valence electrons. The Bertz CT molecular complexity index is 597. The van der Waals surface area contributed by atoms with Crippen LogP contribution in [0.5, 0.6) is 0 Å². The normalized spacial score (nSPS) is 16.4. The molecule has 2 N–H and O–H groups in total. The van der Waals surface area contributed by atoms with Crippen LogP contribution in [-0.2, 0) is 11.3 Å². The highest BCUT2D eigenvalue weighted by Crippen LogP contribution is 2.11. The van der Waals surface area contributed by atoms with E-state index < -0.39 is 0 Å². The fraction of sp³-hybridized carbons (Fsp3) is 0.133. The molecular formula is C15H15N3O. The van der Waals surface area contributed by atoms with Gasteiger partial charge in [0.15, 0.2) is 0 Å². The Hall–Kier alpha value is -2.49. The lowest BCUT2D eigenvalue weighted by atomic mass is 10.0. The number of nitrogens with one attached hydrogen (secondary N) is 2. The van der Waals surface area contributed by atoms with E-state index in [1.807, 2.05) is 13.1 Å². The molecule has 0 atom stereocenters. The maximum absolute atomic E-state index is 10.7. The lowest BCUT2D eigenvalue weighted by molar-refractivity contribution is -0.104. The van der Waals surface area contributed by atoms with Gasteiger partial charge < -0.3 is 10.7 Å². The molecular weight excluding hydrogens is 238 g/mol. The van der Waals surface area contributed by atoms with Crippen molar-refractivity contribution in [1.82, 2.24) is 10.3 Å². The average molecular weight is 253 g/mol. The summed E-state index contributed by atoms with van der Waals surface area (Å²) in [6, 6.07) is 2.05. The predicted molar refractivity (Wildman–Crippen MR) is 74.9 cm³/mol. The molecule has 0 aliphatic heterocycles. The van der Waals surface area contributed by atoms with Crippen molar-refractivity contribution in [3.8, 4) is 0 Å². The van der Waals surface area contributed by atoms with E-state index in [2.05, 4.69) is 16.4 Å². The van der Waals surface area contributed by atoms with Gasteiger partial charge >= 0.3 is 0 Å². The van der Waals surface area contributed by atoms with Crippen molar-refractivity contribution in [2.75, 3.05) is 0 Å². The van der Waals surface area contributed by atoms with E-state index in [4.69, 9.17) is 5.41 Å². The third-order valence-electron chi connectivity index (χ3n) is 2.71. The number of rotatable bonds is 4. The number of aldehydes is 1. The topological polar surface area (TPSA) is 65.8 Å². The zero-order chi connectivity index (χ0) is 13.7. The van der Waals surface area contributed by atoms with Crippen molar-refractivity contribution >= 4 is 12.0 Å². The lowest BCUT2D eigenvalue weighted by Gasteiger charge is -2.08. The number of pyridine rings is 1. The van der Waals surface area contributed by atoms with Gasteiger partial charge in [0.05, 0.1) is 5.71 Å². The van der Waals surface area contributed by atoms with E-state index in [9.17, 15) is 4.79 Å². The third kappa shape index (κ3) is 3.48. The smallest absolute Gasteiger partial charge is 0.150 e. The molecule has 0 saturated heterocycles. The van der Waals surface area contributed by atoms with Gasteiger partial charge in [-0.1, -0.05) is 6.07 Å². The van der Waals surface area contributed by atoms with Crippen LogP contribution in [0.4, 0.5) is 0 Å². The van der Waals surface area contributed by atoms with Gasteiger partial charge in [0.2, 0.25) is 0 Å². The summed E-state index contributed by atoms with van der Waals surface area (Å²) < 4.78 is 0. The van der Waals surface area contributed by atoms with Crippen LogP contribution in [0.15, 0.2) is 54.0 Å². The first-order valence-corrected chi connectivity index (χ1v) is 5.97. The van der Waals surface area contributed by atoms with Gasteiger partial charge in [0.1, 0.15) is 6.29 Å². The van der Waals surface area contributed by atoms with E-state index in [1.54, 1.807) is 30.6 Å². The summed E-state index contributed by atoms with van der Waals surface area (Å²) in [7, 11) is 0. The second kappa shape index (κ2) is 5.91. The van der Waals surface area contributed by atoms with Crippen LogP contribution >= 0.6 is 0 Å². The van der Waals surface area contributed by atoms with Gasteiger partial charge in [-0.25, -0.2) is 0 Å². The van der Waals surface area contributed by atoms with E-state index >= 15 is 0 Å². The molecule has 4 nitrogen and oxygen atoms in total. The first kappa shape index (κ1) is 13.0. The molecule has 4 heteroatoms. The first-order chi connectivity index (χ1) is 9.19. The Morgan fingerprint density at radius 2 is 2.21 bits per heavy atom. The lowest BCUT2D eigenvalue weighted by Crippen LogP contribution is -2.10. The highest BCUT2D eigenvalue weighted by atomic mass is 16.1. The molecule has 2 rings (SSSR count). The van der Waals surface area contributed by atoms with Crippen molar-refractivity contribution in [2.45, 2.75) is 13.5 Å². The minimum absolute atomic E-state index is 0.389. The largest absolute Gasteiger partial charge is 0.386 e. The second-order valence-corrected chi connectivity index (χ2v) is 4.36. The van der Waals surface area contributed by atoms with Crippen molar-refractivity contribution in [2.24, 2.45) is 0 Å². The van der Waals surface area contributed by atoms with E-state index in [1.165, 1.54) is 0 Å². The van der Waals surface area contributed by atoms with Gasteiger partial charge in [0, 0.05) is 36.3 Å². The van der Waals surface area contributed by atoms with E-state index in [0.29, 0.717) is 23.4 Å². The Labute approximate surface area is 112 Å². The summed E-state index contributed by atoms with van der Waals surface area (Å²) in [4.78, 5) is 14.8. The molecule has 0 aromatic carbocycles. The van der Waals surface area contributed by atoms with Crippen LogP contribution < -0.4 is 5.32 Å².